The Balaban J connectivity index is 1.42. The van der Waals surface area contributed by atoms with Crippen LogP contribution in [-0.4, -0.2) is 236 Å². The smallest absolute Gasteiger partial charge is 0.334 e. The fraction of sp³-hybridized carbons (Fsp3) is 0.529. The van der Waals surface area contributed by atoms with E-state index in [0.29, 0.717) is 35.6 Å². The van der Waals surface area contributed by atoms with Gasteiger partial charge in [0.15, 0.2) is 17.6 Å². The second kappa shape index (κ2) is 31.8. The number of carboxylic acids is 5. The first-order valence-electron chi connectivity index (χ1n) is 25.1. The molecule has 4 amide bonds. The maximum atomic E-state index is 13.8. The molecule has 2 aromatic rings. The van der Waals surface area contributed by atoms with E-state index < -0.39 is 121 Å². The summed E-state index contributed by atoms with van der Waals surface area (Å²) in [6.07, 6.45) is -0.0800. The number of carbonyl (C=O) groups excluding carboxylic acids is 6. The van der Waals surface area contributed by atoms with Gasteiger partial charge in [0, 0.05) is 103 Å². The van der Waals surface area contributed by atoms with Crippen LogP contribution in [0.4, 0.5) is 0 Å². The number of aliphatic carboxylic acids is 5. The monoisotopic (exact) mass is 1100 g/mol. The van der Waals surface area contributed by atoms with Gasteiger partial charge in [0.1, 0.15) is 0 Å². The number of amidine groups is 1. The Morgan fingerprint density at radius 2 is 1.26 bits per heavy atom. The highest BCUT2D eigenvalue weighted by molar-refractivity contribution is 8.00. The van der Waals surface area contributed by atoms with Crippen LogP contribution in [0.5, 0.6) is 0 Å². The minimum Gasteiger partial charge on any atom is -0.480 e. The van der Waals surface area contributed by atoms with Crippen LogP contribution >= 0.6 is 11.8 Å². The molecule has 26 heteroatoms. The summed E-state index contributed by atoms with van der Waals surface area (Å²) in [7, 11) is 1.58. The van der Waals surface area contributed by atoms with Crippen LogP contribution in [0.25, 0.3) is 0 Å². The zero-order valence-corrected chi connectivity index (χ0v) is 43.8. The van der Waals surface area contributed by atoms with Crippen LogP contribution in [0, 0.1) is 0 Å². The number of nitrogens with one attached hydrogen (secondary N) is 2. The van der Waals surface area contributed by atoms with Gasteiger partial charge in [-0.3, -0.25) is 77.4 Å². The quantitative estimate of drug-likeness (QED) is 0.0159. The molecule has 0 saturated carbocycles. The molecule has 2 heterocycles. The van der Waals surface area contributed by atoms with Gasteiger partial charge in [0.2, 0.25) is 17.7 Å². The SMILES string of the molecule is CN=C(N)CCCSC1CC(=O)N(CCCC(=O)C(NC(=O)CCC(=O)C(Cc2ccccc2)NC(=O)c2ccc(CC3CN(CC(=O)O)CCN(CC(=O)O)CCN(CC(=O)O)CCN3CC(=O)O)cc2)C(=O)O)C1=O. The van der Waals surface area contributed by atoms with E-state index in [-0.39, 0.29) is 96.6 Å². The first kappa shape index (κ1) is 62.4. The molecule has 2 saturated heterocycles. The summed E-state index contributed by atoms with van der Waals surface area (Å²) >= 11 is 1.32. The van der Waals surface area contributed by atoms with E-state index in [1.165, 1.54) is 23.9 Å². The molecular formula is C51H69N9O16S. The number of imide groups is 1. The molecule has 9 N–H and O–H groups in total. The van der Waals surface area contributed by atoms with Gasteiger partial charge in [0.25, 0.3) is 5.91 Å². The van der Waals surface area contributed by atoms with E-state index in [4.69, 9.17) is 5.73 Å². The summed E-state index contributed by atoms with van der Waals surface area (Å²) in [4.78, 5) is 150. The Kier molecular flexibility index (Phi) is 25.8. The Bertz CT molecular complexity index is 2450. The van der Waals surface area contributed by atoms with Gasteiger partial charge in [-0.05, 0) is 54.7 Å². The van der Waals surface area contributed by atoms with Crippen molar-refractivity contribution in [3.63, 3.8) is 0 Å². The van der Waals surface area contributed by atoms with Crippen molar-refractivity contribution in [2.24, 2.45) is 10.7 Å². The van der Waals surface area contributed by atoms with Crippen LogP contribution < -0.4 is 16.4 Å². The highest BCUT2D eigenvalue weighted by Gasteiger charge is 2.39. The molecule has 77 heavy (non-hydrogen) atoms. The lowest BCUT2D eigenvalue weighted by molar-refractivity contribution is -0.146. The number of hydrogen-bond donors (Lipinski definition) is 8. The molecule has 4 atom stereocenters. The fourth-order valence-electron chi connectivity index (χ4n) is 8.85. The number of carbonyl (C=O) groups is 11. The molecule has 4 rings (SSSR count). The zero-order valence-electron chi connectivity index (χ0n) is 43.0. The number of likely N-dealkylation sites (tertiary alicyclic amines) is 1. The molecule has 0 radical (unpaired) electrons. The Morgan fingerprint density at radius 3 is 1.84 bits per heavy atom. The molecule has 420 valence electrons. The van der Waals surface area contributed by atoms with Gasteiger partial charge in [-0.2, -0.15) is 0 Å². The summed E-state index contributed by atoms with van der Waals surface area (Å²) < 4.78 is 0. The first-order chi connectivity index (χ1) is 36.6. The van der Waals surface area contributed by atoms with Gasteiger partial charge in [-0.1, -0.05) is 42.5 Å². The number of ketones is 2. The predicted octanol–water partition coefficient (Wildman–Crippen LogP) is -0.605. The van der Waals surface area contributed by atoms with Gasteiger partial charge >= 0.3 is 29.8 Å². The molecule has 25 nitrogen and oxygen atoms in total. The molecular weight excluding hydrogens is 1030 g/mol. The average molecular weight is 1100 g/mol. The molecule has 0 bridgehead atoms. The van der Waals surface area contributed by atoms with Crippen LogP contribution in [-0.2, 0) is 60.8 Å². The highest BCUT2D eigenvalue weighted by atomic mass is 32.2. The molecule has 2 aliphatic rings. The third-order valence-corrected chi connectivity index (χ3v) is 14.2. The third kappa shape index (κ3) is 22.2. The van der Waals surface area contributed by atoms with E-state index in [1.54, 1.807) is 69.1 Å². The third-order valence-electron chi connectivity index (χ3n) is 12.9. The minimum atomic E-state index is -1.97. The number of nitrogens with two attached hydrogens (primary N) is 1. The number of aliphatic imine (C=N–C) groups is 1. The van der Waals surface area contributed by atoms with Crippen molar-refractivity contribution in [3.8, 4) is 0 Å². The molecule has 2 aromatic carbocycles. The van der Waals surface area contributed by atoms with Crippen LogP contribution in [0.3, 0.4) is 0 Å². The number of rotatable bonds is 30. The molecule has 2 aliphatic heterocycles. The largest absolute Gasteiger partial charge is 0.480 e. The van der Waals surface area contributed by atoms with E-state index in [0.717, 1.165) is 4.90 Å². The summed E-state index contributed by atoms with van der Waals surface area (Å²) in [6.45, 7) is -1.12. The second-order valence-electron chi connectivity index (χ2n) is 18.7. The standard InChI is InChI=1S/C51H69N9O16S/c1-53-41(52)10-6-24-77-40-27-43(64)60(50(40)74)17-5-9-39(62)48(51(75)76)55-42(63)16-15-38(61)37(26-33-7-3-2-4-8-33)54-49(73)35-13-11-34(12-14-35)25-36-28-58(31-46(69)70)21-20-56(29-44(65)66)18-19-57(30-45(67)68)22-23-59(36)32-47(71)72/h2-4,7-8,11-14,36-37,40,48H,5-6,9-10,15-32H2,1H3,(H2,52,53)(H,54,73)(H,55,63)(H,65,66)(H,67,68)(H,69,70)(H,71,72)(H,75,76). The minimum absolute atomic E-state index is 0.00939. The number of benzene rings is 2. The topological polar surface area (TPSA) is 368 Å². The number of Topliss-reactive ketones (excluding diaryl/α,β-unsaturated/α-hetero) is 2. The normalized spacial score (nSPS) is 18.4. The van der Waals surface area contributed by atoms with Crippen LogP contribution in [0.2, 0.25) is 0 Å². The van der Waals surface area contributed by atoms with E-state index in [9.17, 15) is 78.3 Å². The van der Waals surface area contributed by atoms with E-state index in [1.807, 2.05) is 0 Å². The van der Waals surface area contributed by atoms with Crippen molar-refractivity contribution in [2.75, 3.05) is 91.3 Å². The summed E-state index contributed by atoms with van der Waals surface area (Å²) in [6, 6.07) is 11.1. The highest BCUT2D eigenvalue weighted by Crippen LogP contribution is 2.26. The van der Waals surface area contributed by atoms with Crippen molar-refractivity contribution in [1.29, 1.82) is 0 Å². The van der Waals surface area contributed by atoms with Crippen molar-refractivity contribution in [1.82, 2.24) is 35.1 Å². The molecule has 4 unspecified atom stereocenters. The Labute approximate surface area is 449 Å². The average Bonchev–Trinajstić information content (AvgIpc) is 3.64. The summed E-state index contributed by atoms with van der Waals surface area (Å²) in [5.41, 5.74) is 7.10. The van der Waals surface area contributed by atoms with Gasteiger partial charge < -0.3 is 41.9 Å². The molecule has 0 aliphatic carbocycles. The zero-order chi connectivity index (χ0) is 56.6. The Morgan fingerprint density at radius 1 is 0.675 bits per heavy atom. The van der Waals surface area contributed by atoms with Gasteiger partial charge in [-0.15, -0.1) is 11.8 Å². The van der Waals surface area contributed by atoms with Gasteiger partial charge in [0.05, 0.1) is 43.3 Å². The predicted molar refractivity (Wildman–Crippen MR) is 279 cm³/mol. The number of thioether (sulfide) groups is 1. The van der Waals surface area contributed by atoms with E-state index >= 15 is 0 Å². The fourth-order valence-corrected chi connectivity index (χ4v) is 9.97. The van der Waals surface area contributed by atoms with Crippen molar-refractivity contribution < 1.29 is 78.3 Å². The number of nitrogens with zero attached hydrogens (tertiary/aromatic N) is 6. The molecule has 0 aromatic heterocycles. The lowest BCUT2D eigenvalue weighted by atomic mass is 9.98. The van der Waals surface area contributed by atoms with Crippen molar-refractivity contribution >= 4 is 82.6 Å². The Hall–Kier alpha value is -7.13. The maximum Gasteiger partial charge on any atom is 0.334 e. The van der Waals surface area contributed by atoms with Crippen molar-refractivity contribution in [3.05, 3.63) is 71.3 Å². The number of amides is 4. The van der Waals surface area contributed by atoms with Gasteiger partial charge in [-0.25, -0.2) is 4.79 Å². The number of hydrogen-bond acceptors (Lipinski definition) is 17. The second-order valence-corrected chi connectivity index (χ2v) is 20.1. The lowest BCUT2D eigenvalue weighted by Crippen LogP contribution is -2.53. The molecule has 0 spiro atoms. The number of carboxylic acid groups (broad SMARTS) is 5. The summed E-state index contributed by atoms with van der Waals surface area (Å²) in [5.74, 6) is -9.09. The summed E-state index contributed by atoms with van der Waals surface area (Å²) in [5, 5.41) is 53.1. The molecule has 2 fully saturated rings. The lowest BCUT2D eigenvalue weighted by Gasteiger charge is -2.37. The van der Waals surface area contributed by atoms with Crippen LogP contribution in [0.15, 0.2) is 59.6 Å². The van der Waals surface area contributed by atoms with Crippen molar-refractivity contribution in [2.45, 2.75) is 81.2 Å². The maximum absolute atomic E-state index is 13.8. The first-order valence-corrected chi connectivity index (χ1v) is 26.1. The van der Waals surface area contributed by atoms with E-state index in [2.05, 4.69) is 15.6 Å². The van der Waals surface area contributed by atoms with Crippen LogP contribution in [0.1, 0.15) is 66.4 Å².